The van der Waals surface area contributed by atoms with E-state index in [-0.39, 0.29) is 12.3 Å². The smallest absolute Gasteiger partial charge is 0.168 e. The molecule has 0 aliphatic carbocycles. The van der Waals surface area contributed by atoms with Crippen LogP contribution in [0, 0.1) is 0 Å². The molecule has 1 rings (SSSR count). The molecule has 0 aliphatic heterocycles. The standard InChI is InChI=1S/C9H9N3O2/c1-14-8-4-2-7(3-5-8)9(13)6-11-12-10/h2-5H,6H2,1H3. The number of carbonyl (C=O) groups is 1. The molecule has 0 aliphatic rings. The SMILES string of the molecule is COc1ccc(C(=O)CN=[N+]=[N-])cc1. The number of methoxy groups -OCH3 is 1. The van der Waals surface area contributed by atoms with Crippen LogP contribution in [-0.4, -0.2) is 19.4 Å². The lowest BCUT2D eigenvalue weighted by molar-refractivity contribution is 0.100. The van der Waals surface area contributed by atoms with Gasteiger partial charge in [-0.1, -0.05) is 5.11 Å². The molecule has 1 aromatic rings. The molecule has 0 radical (unpaired) electrons. The summed E-state index contributed by atoms with van der Waals surface area (Å²) >= 11 is 0. The summed E-state index contributed by atoms with van der Waals surface area (Å²) in [5.41, 5.74) is 8.54. The van der Waals surface area contributed by atoms with Crippen molar-refractivity contribution >= 4 is 5.78 Å². The minimum absolute atomic E-state index is 0.150. The maximum absolute atomic E-state index is 11.3. The molecule has 0 aromatic heterocycles. The molecule has 1 aromatic carbocycles. The van der Waals surface area contributed by atoms with E-state index in [1.165, 1.54) is 0 Å². The van der Waals surface area contributed by atoms with Crippen LogP contribution in [0.2, 0.25) is 0 Å². The summed E-state index contributed by atoms with van der Waals surface area (Å²) in [4.78, 5) is 13.8. The van der Waals surface area contributed by atoms with Gasteiger partial charge in [-0.25, -0.2) is 0 Å². The number of Topliss-reactive ketones (excluding diaryl/α,β-unsaturated/α-hetero) is 1. The van der Waals surface area contributed by atoms with E-state index in [1.807, 2.05) is 0 Å². The fourth-order valence-electron chi connectivity index (χ4n) is 0.964. The Morgan fingerprint density at radius 3 is 2.64 bits per heavy atom. The molecule has 5 nitrogen and oxygen atoms in total. The number of ether oxygens (including phenoxy) is 1. The quantitative estimate of drug-likeness (QED) is 0.316. The van der Waals surface area contributed by atoms with Crippen molar-refractivity contribution in [3.63, 3.8) is 0 Å². The van der Waals surface area contributed by atoms with Crippen molar-refractivity contribution in [1.29, 1.82) is 0 Å². The Balaban J connectivity index is 2.76. The number of carbonyl (C=O) groups excluding carboxylic acids is 1. The van der Waals surface area contributed by atoms with E-state index >= 15 is 0 Å². The van der Waals surface area contributed by atoms with Crippen LogP contribution < -0.4 is 4.74 Å². The van der Waals surface area contributed by atoms with Crippen LogP contribution in [0.1, 0.15) is 10.4 Å². The molecular weight excluding hydrogens is 182 g/mol. The molecule has 0 heterocycles. The molecule has 0 atom stereocenters. The molecule has 0 amide bonds. The van der Waals surface area contributed by atoms with E-state index < -0.39 is 0 Å². The third-order valence-corrected chi connectivity index (χ3v) is 1.69. The molecule has 14 heavy (non-hydrogen) atoms. The highest BCUT2D eigenvalue weighted by atomic mass is 16.5. The van der Waals surface area contributed by atoms with Gasteiger partial charge in [0.25, 0.3) is 0 Å². The zero-order valence-corrected chi connectivity index (χ0v) is 7.67. The van der Waals surface area contributed by atoms with Crippen LogP contribution in [0.5, 0.6) is 5.75 Å². The van der Waals surface area contributed by atoms with Crippen molar-refractivity contribution in [1.82, 2.24) is 0 Å². The molecule has 72 valence electrons. The molecule has 0 N–H and O–H groups in total. The lowest BCUT2D eigenvalue weighted by atomic mass is 10.1. The normalized spacial score (nSPS) is 8.93. The van der Waals surface area contributed by atoms with Gasteiger partial charge in [-0.15, -0.1) is 0 Å². The summed E-state index contributed by atoms with van der Waals surface area (Å²) in [5, 5.41) is 3.19. The minimum Gasteiger partial charge on any atom is -0.497 e. The van der Waals surface area contributed by atoms with E-state index in [1.54, 1.807) is 31.4 Å². The highest BCUT2D eigenvalue weighted by Gasteiger charge is 2.03. The number of benzene rings is 1. The largest absolute Gasteiger partial charge is 0.497 e. The van der Waals surface area contributed by atoms with Gasteiger partial charge < -0.3 is 4.74 Å². The zero-order chi connectivity index (χ0) is 10.4. The Morgan fingerprint density at radius 1 is 1.50 bits per heavy atom. The number of hydrogen-bond acceptors (Lipinski definition) is 3. The van der Waals surface area contributed by atoms with Crippen LogP contribution in [0.4, 0.5) is 0 Å². The summed E-state index contributed by atoms with van der Waals surface area (Å²) in [6, 6.07) is 6.63. The Morgan fingerprint density at radius 2 is 2.14 bits per heavy atom. The van der Waals surface area contributed by atoms with Gasteiger partial charge in [0.05, 0.1) is 13.7 Å². The molecule has 0 fully saturated rings. The topological polar surface area (TPSA) is 75.1 Å². The van der Waals surface area contributed by atoms with Crippen LogP contribution in [0.3, 0.4) is 0 Å². The lowest BCUT2D eigenvalue weighted by Gasteiger charge is -2.00. The van der Waals surface area contributed by atoms with Crippen LogP contribution in [-0.2, 0) is 0 Å². The highest BCUT2D eigenvalue weighted by Crippen LogP contribution is 2.11. The van der Waals surface area contributed by atoms with E-state index in [0.717, 1.165) is 0 Å². The summed E-state index contributed by atoms with van der Waals surface area (Å²) in [6.45, 7) is -0.150. The summed E-state index contributed by atoms with van der Waals surface area (Å²) in [6.07, 6.45) is 0. The van der Waals surface area contributed by atoms with Crippen molar-refractivity contribution in [2.75, 3.05) is 13.7 Å². The maximum Gasteiger partial charge on any atom is 0.168 e. The first-order chi connectivity index (χ1) is 6.77. The molecule has 0 unspecified atom stereocenters. The fraction of sp³-hybridized carbons (Fsp3) is 0.222. The first kappa shape index (κ1) is 10.1. The summed E-state index contributed by atoms with van der Waals surface area (Å²) in [5.74, 6) is 0.482. The average Bonchev–Trinajstić information content (AvgIpc) is 2.26. The Kier molecular flexibility index (Phi) is 3.52. The van der Waals surface area contributed by atoms with Crippen LogP contribution in [0.25, 0.3) is 10.4 Å². The van der Waals surface area contributed by atoms with Gasteiger partial charge in [0.2, 0.25) is 0 Å². The number of hydrogen-bond donors (Lipinski definition) is 0. The molecule has 0 saturated heterocycles. The van der Waals surface area contributed by atoms with Crippen molar-refractivity contribution in [2.24, 2.45) is 5.11 Å². The van der Waals surface area contributed by atoms with Crippen LogP contribution >= 0.6 is 0 Å². The maximum atomic E-state index is 11.3. The van der Waals surface area contributed by atoms with E-state index in [4.69, 9.17) is 10.3 Å². The van der Waals surface area contributed by atoms with E-state index in [9.17, 15) is 4.79 Å². The number of azide groups is 1. The van der Waals surface area contributed by atoms with Gasteiger partial charge in [-0.05, 0) is 29.8 Å². The van der Waals surface area contributed by atoms with Gasteiger partial charge >= 0.3 is 0 Å². The van der Waals surface area contributed by atoms with Gasteiger partial charge in [-0.2, -0.15) is 0 Å². The van der Waals surface area contributed by atoms with E-state index in [0.29, 0.717) is 11.3 Å². The second kappa shape index (κ2) is 4.89. The van der Waals surface area contributed by atoms with Crippen LogP contribution in [0.15, 0.2) is 29.4 Å². The molecule has 0 bridgehead atoms. The first-order valence-corrected chi connectivity index (χ1v) is 3.96. The molecular formula is C9H9N3O2. The first-order valence-electron chi connectivity index (χ1n) is 3.96. The van der Waals surface area contributed by atoms with Gasteiger partial charge in [0.15, 0.2) is 5.78 Å². The molecule has 0 spiro atoms. The zero-order valence-electron chi connectivity index (χ0n) is 7.67. The lowest BCUT2D eigenvalue weighted by Crippen LogP contribution is -2.02. The van der Waals surface area contributed by atoms with Gasteiger partial charge in [0, 0.05) is 10.5 Å². The fourth-order valence-corrected chi connectivity index (χ4v) is 0.964. The third-order valence-electron chi connectivity index (χ3n) is 1.69. The molecule has 0 saturated carbocycles. The number of rotatable bonds is 4. The number of ketones is 1. The second-order valence-electron chi connectivity index (χ2n) is 2.54. The number of nitrogens with zero attached hydrogens (tertiary/aromatic N) is 3. The summed E-state index contributed by atoms with van der Waals surface area (Å²) < 4.78 is 4.94. The summed E-state index contributed by atoms with van der Waals surface area (Å²) in [7, 11) is 1.55. The van der Waals surface area contributed by atoms with Crippen molar-refractivity contribution < 1.29 is 9.53 Å². The highest BCUT2D eigenvalue weighted by molar-refractivity contribution is 5.97. The minimum atomic E-state index is -0.203. The Hall–Kier alpha value is -2.00. The third kappa shape index (κ3) is 2.50. The monoisotopic (exact) mass is 191 g/mol. The van der Waals surface area contributed by atoms with Gasteiger partial charge in [0.1, 0.15) is 5.75 Å². The van der Waals surface area contributed by atoms with Crippen molar-refractivity contribution in [3.05, 3.63) is 40.3 Å². The van der Waals surface area contributed by atoms with E-state index in [2.05, 4.69) is 10.0 Å². The predicted molar refractivity (Wildman–Crippen MR) is 51.3 cm³/mol. The predicted octanol–water partition coefficient (Wildman–Crippen LogP) is 2.19. The molecule has 5 heteroatoms. The Bertz CT molecular complexity index is 366. The van der Waals surface area contributed by atoms with Gasteiger partial charge in [-0.3, -0.25) is 4.79 Å². The second-order valence-corrected chi connectivity index (χ2v) is 2.54. The average molecular weight is 191 g/mol. The Labute approximate surface area is 80.9 Å². The van der Waals surface area contributed by atoms with Crippen molar-refractivity contribution in [2.45, 2.75) is 0 Å². The van der Waals surface area contributed by atoms with Crippen molar-refractivity contribution in [3.8, 4) is 5.75 Å².